The van der Waals surface area contributed by atoms with Gasteiger partial charge in [0.05, 0.1) is 5.56 Å². The zero-order valence-electron chi connectivity index (χ0n) is 10.1. The molecule has 4 heteroatoms. The van der Waals surface area contributed by atoms with Crippen molar-refractivity contribution in [2.45, 2.75) is 39.3 Å². The van der Waals surface area contributed by atoms with Gasteiger partial charge < -0.3 is 0 Å². The van der Waals surface area contributed by atoms with Crippen LogP contribution in [0.25, 0.3) is 0 Å². The van der Waals surface area contributed by atoms with E-state index in [1.165, 1.54) is 13.0 Å². The summed E-state index contributed by atoms with van der Waals surface area (Å²) in [7, 11) is 0. The van der Waals surface area contributed by atoms with Crippen LogP contribution in [0.3, 0.4) is 0 Å². The molecular formula is C13H15F3O. The Morgan fingerprint density at radius 2 is 1.88 bits per heavy atom. The topological polar surface area (TPSA) is 17.1 Å². The normalized spacial score (nSPS) is 11.9. The van der Waals surface area contributed by atoms with Crippen molar-refractivity contribution in [1.29, 1.82) is 0 Å². The van der Waals surface area contributed by atoms with Crippen LogP contribution in [-0.2, 0) is 17.4 Å². The van der Waals surface area contributed by atoms with Crippen LogP contribution in [0.4, 0.5) is 13.2 Å². The van der Waals surface area contributed by atoms with E-state index in [1.807, 2.05) is 13.8 Å². The maximum Gasteiger partial charge on any atom is 0.416 e. The number of hydrogen-bond donors (Lipinski definition) is 0. The van der Waals surface area contributed by atoms with Crippen LogP contribution < -0.4 is 0 Å². The van der Waals surface area contributed by atoms with Crippen LogP contribution in [0.2, 0.25) is 0 Å². The number of alkyl halides is 3. The van der Waals surface area contributed by atoms with Gasteiger partial charge in [-0.05, 0) is 36.1 Å². The molecule has 94 valence electrons. The third-order valence-corrected chi connectivity index (χ3v) is 2.53. The Morgan fingerprint density at radius 1 is 1.29 bits per heavy atom. The first-order valence-corrected chi connectivity index (χ1v) is 5.41. The number of carbonyl (C=O) groups excluding carboxylic acids is 1. The van der Waals surface area contributed by atoms with Crippen molar-refractivity contribution in [1.82, 2.24) is 0 Å². The molecule has 1 aromatic rings. The molecule has 1 rings (SSSR count). The van der Waals surface area contributed by atoms with Gasteiger partial charge in [-0.3, -0.25) is 4.79 Å². The molecule has 0 N–H and O–H groups in total. The fraction of sp³-hybridized carbons (Fsp3) is 0.462. The van der Waals surface area contributed by atoms with E-state index in [0.29, 0.717) is 11.1 Å². The van der Waals surface area contributed by atoms with Crippen molar-refractivity contribution in [3.8, 4) is 0 Å². The monoisotopic (exact) mass is 244 g/mol. The van der Waals surface area contributed by atoms with Crippen LogP contribution in [-0.4, -0.2) is 5.78 Å². The van der Waals surface area contributed by atoms with E-state index in [2.05, 4.69) is 0 Å². The van der Waals surface area contributed by atoms with Gasteiger partial charge in [0.1, 0.15) is 5.78 Å². The molecule has 0 saturated heterocycles. The molecule has 0 unspecified atom stereocenters. The van der Waals surface area contributed by atoms with Gasteiger partial charge >= 0.3 is 6.18 Å². The lowest BCUT2D eigenvalue weighted by Gasteiger charge is -2.15. The zero-order chi connectivity index (χ0) is 13.2. The second kappa shape index (κ2) is 4.90. The summed E-state index contributed by atoms with van der Waals surface area (Å²) in [5, 5.41) is 0. The number of carbonyl (C=O) groups is 1. The minimum atomic E-state index is -4.33. The van der Waals surface area contributed by atoms with E-state index < -0.39 is 11.7 Å². The smallest absolute Gasteiger partial charge is 0.300 e. The largest absolute Gasteiger partial charge is 0.416 e. The Morgan fingerprint density at radius 3 is 2.29 bits per heavy atom. The van der Waals surface area contributed by atoms with E-state index in [0.717, 1.165) is 12.1 Å². The molecule has 0 bridgehead atoms. The lowest BCUT2D eigenvalue weighted by molar-refractivity contribution is -0.137. The molecule has 17 heavy (non-hydrogen) atoms. The van der Waals surface area contributed by atoms with Crippen molar-refractivity contribution < 1.29 is 18.0 Å². The third-order valence-electron chi connectivity index (χ3n) is 2.53. The predicted octanol–water partition coefficient (Wildman–Crippen LogP) is 3.96. The van der Waals surface area contributed by atoms with Crippen molar-refractivity contribution in [3.05, 3.63) is 34.9 Å². The minimum absolute atomic E-state index is 0.0355. The van der Waals surface area contributed by atoms with Gasteiger partial charge in [-0.15, -0.1) is 0 Å². The molecule has 1 nitrogen and oxygen atoms in total. The lowest BCUT2D eigenvalue weighted by atomic mass is 9.92. The van der Waals surface area contributed by atoms with Gasteiger partial charge in [0, 0.05) is 6.42 Å². The van der Waals surface area contributed by atoms with Crippen molar-refractivity contribution in [2.24, 2.45) is 0 Å². The van der Waals surface area contributed by atoms with Crippen LogP contribution in [0.15, 0.2) is 18.2 Å². The summed E-state index contributed by atoms with van der Waals surface area (Å²) in [4.78, 5) is 11.0. The Bertz CT molecular complexity index is 419. The van der Waals surface area contributed by atoms with Crippen LogP contribution in [0.1, 0.15) is 43.4 Å². The number of benzene rings is 1. The number of halogens is 3. The highest BCUT2D eigenvalue weighted by Crippen LogP contribution is 2.32. The molecule has 0 radical (unpaired) electrons. The average Bonchev–Trinajstić information content (AvgIpc) is 2.15. The molecule has 0 heterocycles. The molecule has 0 fully saturated rings. The molecule has 1 aromatic carbocycles. The van der Waals surface area contributed by atoms with Crippen molar-refractivity contribution >= 4 is 5.78 Å². The summed E-state index contributed by atoms with van der Waals surface area (Å²) >= 11 is 0. The molecule has 0 aliphatic heterocycles. The minimum Gasteiger partial charge on any atom is -0.300 e. The second-order valence-electron chi connectivity index (χ2n) is 4.44. The maximum absolute atomic E-state index is 12.6. The number of Topliss-reactive ketones (excluding diaryl/α,β-unsaturated/α-hetero) is 1. The van der Waals surface area contributed by atoms with Gasteiger partial charge in [-0.1, -0.05) is 19.9 Å². The first kappa shape index (κ1) is 13.7. The Balaban J connectivity index is 3.22. The van der Waals surface area contributed by atoms with Crippen molar-refractivity contribution in [2.75, 3.05) is 0 Å². The molecular weight excluding hydrogens is 229 g/mol. The molecule has 0 amide bonds. The predicted molar refractivity (Wildman–Crippen MR) is 59.9 cm³/mol. The Labute approximate surface area is 98.6 Å². The Kier molecular flexibility index (Phi) is 3.96. The van der Waals surface area contributed by atoms with Gasteiger partial charge in [0.15, 0.2) is 0 Å². The van der Waals surface area contributed by atoms with Gasteiger partial charge in [0.25, 0.3) is 0 Å². The number of hydrogen-bond acceptors (Lipinski definition) is 1. The first-order chi connectivity index (χ1) is 7.71. The summed E-state index contributed by atoms with van der Waals surface area (Å²) in [6, 6.07) is 3.58. The van der Waals surface area contributed by atoms with Gasteiger partial charge in [0.2, 0.25) is 0 Å². The van der Waals surface area contributed by atoms with E-state index in [9.17, 15) is 18.0 Å². The summed E-state index contributed by atoms with van der Waals surface area (Å²) in [5.74, 6) is -0.0849. The van der Waals surface area contributed by atoms with Gasteiger partial charge in [-0.25, -0.2) is 0 Å². The van der Waals surface area contributed by atoms with E-state index in [-0.39, 0.29) is 18.1 Å². The van der Waals surface area contributed by atoms with Crippen molar-refractivity contribution in [3.63, 3.8) is 0 Å². The number of ketones is 1. The highest BCUT2D eigenvalue weighted by Gasteiger charge is 2.31. The summed E-state index contributed by atoms with van der Waals surface area (Å²) in [6.45, 7) is 5.07. The molecule has 0 aliphatic rings. The first-order valence-electron chi connectivity index (χ1n) is 5.41. The second-order valence-corrected chi connectivity index (χ2v) is 4.44. The van der Waals surface area contributed by atoms with E-state index >= 15 is 0 Å². The molecule has 0 aliphatic carbocycles. The van der Waals surface area contributed by atoms with Crippen LogP contribution in [0, 0.1) is 0 Å². The highest BCUT2D eigenvalue weighted by molar-refractivity contribution is 5.78. The third kappa shape index (κ3) is 3.58. The zero-order valence-corrected chi connectivity index (χ0v) is 10.1. The maximum atomic E-state index is 12.6. The quantitative estimate of drug-likeness (QED) is 0.786. The lowest BCUT2D eigenvalue weighted by Crippen LogP contribution is -2.09. The molecule has 0 atom stereocenters. The van der Waals surface area contributed by atoms with Crippen LogP contribution in [0.5, 0.6) is 0 Å². The van der Waals surface area contributed by atoms with Gasteiger partial charge in [-0.2, -0.15) is 13.2 Å². The summed E-state index contributed by atoms with van der Waals surface area (Å²) < 4.78 is 37.7. The van der Waals surface area contributed by atoms with E-state index in [4.69, 9.17) is 0 Å². The standard InChI is InChI=1S/C13H15F3O/c1-8(2)12-7-11(13(14,15)16)5-4-10(12)6-9(3)17/h4-5,7-8H,6H2,1-3H3. The molecule has 0 spiro atoms. The highest BCUT2D eigenvalue weighted by atomic mass is 19.4. The summed E-state index contributed by atoms with van der Waals surface area (Å²) in [5.41, 5.74) is 0.615. The molecule has 0 saturated carbocycles. The average molecular weight is 244 g/mol. The van der Waals surface area contributed by atoms with E-state index in [1.54, 1.807) is 0 Å². The SMILES string of the molecule is CC(=O)Cc1ccc(C(F)(F)F)cc1C(C)C. The van der Waals surface area contributed by atoms with Crippen LogP contribution >= 0.6 is 0 Å². The fourth-order valence-electron chi connectivity index (χ4n) is 1.74. The molecule has 0 aromatic heterocycles. The number of rotatable bonds is 3. The fourth-order valence-corrected chi connectivity index (χ4v) is 1.74. The summed E-state index contributed by atoms with van der Waals surface area (Å²) in [6.07, 6.45) is -4.15. The Hall–Kier alpha value is -1.32.